The Balaban J connectivity index is 1.77. The maximum Gasteiger partial charge on any atom is 0.287 e. The summed E-state index contributed by atoms with van der Waals surface area (Å²) in [5.74, 6) is -0.882. The van der Waals surface area contributed by atoms with Crippen LogP contribution in [0.5, 0.6) is 5.75 Å². The van der Waals surface area contributed by atoms with E-state index in [4.69, 9.17) is 0 Å². The van der Waals surface area contributed by atoms with Gasteiger partial charge in [-0.1, -0.05) is 36.4 Å². The zero-order valence-electron chi connectivity index (χ0n) is 15.6. The Morgan fingerprint density at radius 3 is 2.55 bits per heavy atom. The summed E-state index contributed by atoms with van der Waals surface area (Å²) in [6.07, 6.45) is 2.93. The number of amides is 2. The summed E-state index contributed by atoms with van der Waals surface area (Å²) in [6.45, 7) is 1.77. The van der Waals surface area contributed by atoms with Gasteiger partial charge in [-0.25, -0.2) is 5.43 Å². The van der Waals surface area contributed by atoms with Crippen LogP contribution >= 0.6 is 11.3 Å². The molecule has 3 N–H and O–H groups in total. The molecule has 29 heavy (non-hydrogen) atoms. The highest BCUT2D eigenvalue weighted by Gasteiger charge is 2.14. The molecule has 1 heterocycles. The van der Waals surface area contributed by atoms with Gasteiger partial charge in [-0.2, -0.15) is 5.10 Å². The zero-order chi connectivity index (χ0) is 20.6. The number of aromatic hydroxyl groups is 1. The number of hydrogen-bond donors (Lipinski definition) is 3. The molecule has 0 radical (unpaired) electrons. The number of hydrazone groups is 1. The molecule has 0 saturated carbocycles. The maximum atomic E-state index is 12.6. The second kappa shape index (κ2) is 9.48. The number of hydrogen-bond acceptors (Lipinski definition) is 5. The van der Waals surface area contributed by atoms with E-state index in [0.717, 1.165) is 4.88 Å². The fourth-order valence-corrected chi connectivity index (χ4v) is 3.12. The van der Waals surface area contributed by atoms with Crippen molar-refractivity contribution in [2.24, 2.45) is 5.10 Å². The van der Waals surface area contributed by atoms with Crippen molar-refractivity contribution in [2.75, 3.05) is 0 Å². The first-order valence-corrected chi connectivity index (χ1v) is 9.66. The van der Waals surface area contributed by atoms with Gasteiger partial charge in [0.2, 0.25) is 0 Å². The first kappa shape index (κ1) is 20.0. The Bertz CT molecular complexity index is 1060. The van der Waals surface area contributed by atoms with Gasteiger partial charge in [0, 0.05) is 16.0 Å². The van der Waals surface area contributed by atoms with E-state index >= 15 is 0 Å². The normalized spacial score (nSPS) is 11.4. The van der Waals surface area contributed by atoms with Crippen molar-refractivity contribution in [3.05, 3.63) is 93.3 Å². The molecule has 6 nitrogen and oxygen atoms in total. The van der Waals surface area contributed by atoms with Gasteiger partial charge in [-0.05, 0) is 48.2 Å². The minimum Gasteiger partial charge on any atom is -0.507 e. The molecule has 0 fully saturated rings. The number of phenols is 1. The predicted octanol–water partition coefficient (Wildman–Crippen LogP) is 3.68. The average Bonchev–Trinajstić information content (AvgIpc) is 3.24. The van der Waals surface area contributed by atoms with Crippen molar-refractivity contribution in [2.45, 2.75) is 6.92 Å². The summed E-state index contributed by atoms with van der Waals surface area (Å²) in [4.78, 5) is 25.9. The molecule has 1 aromatic heterocycles. The second-order valence-corrected chi connectivity index (χ2v) is 7.08. The first-order valence-electron chi connectivity index (χ1n) is 8.78. The molecule has 0 unspecified atom stereocenters. The quantitative estimate of drug-likeness (QED) is 0.332. The monoisotopic (exact) mass is 405 g/mol. The molecule has 0 saturated heterocycles. The van der Waals surface area contributed by atoms with Gasteiger partial charge < -0.3 is 10.4 Å². The Morgan fingerprint density at radius 2 is 1.83 bits per heavy atom. The molecule has 0 aliphatic heterocycles. The molecule has 0 spiro atoms. The van der Waals surface area contributed by atoms with E-state index < -0.39 is 11.8 Å². The third-order valence-corrected chi connectivity index (χ3v) is 4.82. The summed E-state index contributed by atoms with van der Waals surface area (Å²) in [6, 6.07) is 17.5. The van der Waals surface area contributed by atoms with Crippen LogP contribution in [0.25, 0.3) is 6.08 Å². The van der Waals surface area contributed by atoms with Crippen molar-refractivity contribution in [1.82, 2.24) is 10.7 Å². The number of carbonyl (C=O) groups is 2. The number of thiophene rings is 1. The lowest BCUT2D eigenvalue weighted by atomic mass is 10.1. The number of phenolic OH excluding ortho intramolecular Hbond substituents is 1. The maximum absolute atomic E-state index is 12.6. The Kier molecular flexibility index (Phi) is 6.55. The van der Waals surface area contributed by atoms with Gasteiger partial charge in [-0.3, -0.25) is 9.59 Å². The molecule has 0 aliphatic rings. The summed E-state index contributed by atoms with van der Waals surface area (Å²) in [5.41, 5.74) is 4.06. The molecule has 2 aromatic carbocycles. The first-order chi connectivity index (χ1) is 14.0. The smallest absolute Gasteiger partial charge is 0.287 e. The van der Waals surface area contributed by atoms with Crippen molar-refractivity contribution >= 4 is 35.4 Å². The van der Waals surface area contributed by atoms with E-state index in [-0.39, 0.29) is 11.4 Å². The highest BCUT2D eigenvalue weighted by atomic mass is 32.1. The molecule has 3 aromatic rings. The summed E-state index contributed by atoms with van der Waals surface area (Å²) in [7, 11) is 0. The van der Waals surface area contributed by atoms with E-state index in [1.54, 1.807) is 61.5 Å². The topological polar surface area (TPSA) is 90.8 Å². The van der Waals surface area contributed by atoms with Crippen LogP contribution in [-0.2, 0) is 4.79 Å². The number of carbonyl (C=O) groups excluding carboxylic acids is 2. The van der Waals surface area contributed by atoms with Crippen LogP contribution in [-0.4, -0.2) is 23.1 Å². The standard InChI is InChI=1S/C22H19N3O3S/c1-15-7-5-10-17(20(15)26)14-23-25-22(28)19(13-18-11-6-12-29-18)24-21(27)16-8-3-2-4-9-16/h2-14,26H,1H3,(H,24,27)(H,25,28)/b19-13-,23-14?. The third kappa shape index (κ3) is 5.40. The van der Waals surface area contributed by atoms with Gasteiger partial charge in [0.25, 0.3) is 11.8 Å². The highest BCUT2D eigenvalue weighted by molar-refractivity contribution is 7.10. The molecular weight excluding hydrogens is 386 g/mol. The van der Waals surface area contributed by atoms with Crippen LogP contribution in [0, 0.1) is 6.92 Å². The van der Waals surface area contributed by atoms with Crippen molar-refractivity contribution < 1.29 is 14.7 Å². The summed E-state index contributed by atoms with van der Waals surface area (Å²) >= 11 is 1.44. The molecule has 7 heteroatoms. The summed E-state index contributed by atoms with van der Waals surface area (Å²) in [5, 5.41) is 18.4. The number of rotatable bonds is 6. The molecule has 0 bridgehead atoms. The molecule has 0 atom stereocenters. The van der Waals surface area contributed by atoms with Crippen LogP contribution in [0.3, 0.4) is 0 Å². The molecule has 3 rings (SSSR count). The van der Waals surface area contributed by atoms with Gasteiger partial charge >= 0.3 is 0 Å². The van der Waals surface area contributed by atoms with Gasteiger partial charge in [0.1, 0.15) is 11.4 Å². The number of aryl methyl sites for hydroxylation is 1. The Morgan fingerprint density at radius 1 is 1.03 bits per heavy atom. The molecule has 146 valence electrons. The Labute approximate surface area is 172 Å². The SMILES string of the molecule is Cc1cccc(C=NNC(=O)/C(=C/c2cccs2)NC(=O)c2ccccc2)c1O. The number of benzene rings is 2. The molecule has 0 aliphatic carbocycles. The van der Waals surface area contributed by atoms with Crippen molar-refractivity contribution in [3.63, 3.8) is 0 Å². The highest BCUT2D eigenvalue weighted by Crippen LogP contribution is 2.19. The van der Waals surface area contributed by atoms with E-state index in [2.05, 4.69) is 15.8 Å². The third-order valence-electron chi connectivity index (χ3n) is 4.00. The van der Waals surface area contributed by atoms with Crippen LogP contribution < -0.4 is 10.7 Å². The second-order valence-electron chi connectivity index (χ2n) is 6.11. The average molecular weight is 405 g/mol. The fraction of sp³-hybridized carbons (Fsp3) is 0.0455. The number of nitrogens with one attached hydrogen (secondary N) is 2. The number of nitrogens with zero attached hydrogens (tertiary/aromatic N) is 1. The van der Waals surface area contributed by atoms with Crippen molar-refractivity contribution in [1.29, 1.82) is 0 Å². The van der Waals surface area contributed by atoms with Gasteiger partial charge in [0.15, 0.2) is 0 Å². The van der Waals surface area contributed by atoms with Gasteiger partial charge in [0.05, 0.1) is 6.21 Å². The lowest BCUT2D eigenvalue weighted by Gasteiger charge is -2.09. The largest absolute Gasteiger partial charge is 0.507 e. The van der Waals surface area contributed by atoms with Crippen LogP contribution in [0.2, 0.25) is 0 Å². The van der Waals surface area contributed by atoms with E-state index in [1.165, 1.54) is 17.6 Å². The van der Waals surface area contributed by atoms with Gasteiger partial charge in [-0.15, -0.1) is 11.3 Å². The van der Waals surface area contributed by atoms with Crippen LogP contribution in [0.4, 0.5) is 0 Å². The minimum atomic E-state index is -0.578. The fourth-order valence-electron chi connectivity index (χ4n) is 2.46. The Hall–Kier alpha value is -3.71. The molecular formula is C22H19N3O3S. The summed E-state index contributed by atoms with van der Waals surface area (Å²) < 4.78 is 0. The lowest BCUT2D eigenvalue weighted by Crippen LogP contribution is -2.32. The van der Waals surface area contributed by atoms with E-state index in [1.807, 2.05) is 17.5 Å². The predicted molar refractivity (Wildman–Crippen MR) is 115 cm³/mol. The van der Waals surface area contributed by atoms with Crippen LogP contribution in [0.15, 0.2) is 76.8 Å². The zero-order valence-corrected chi connectivity index (χ0v) is 16.4. The lowest BCUT2D eigenvalue weighted by molar-refractivity contribution is -0.117. The van der Waals surface area contributed by atoms with E-state index in [9.17, 15) is 14.7 Å². The van der Waals surface area contributed by atoms with E-state index in [0.29, 0.717) is 16.7 Å². The van der Waals surface area contributed by atoms with Crippen molar-refractivity contribution in [3.8, 4) is 5.75 Å². The molecule has 2 amide bonds. The minimum absolute atomic E-state index is 0.0620. The number of para-hydroxylation sites is 1. The van der Waals surface area contributed by atoms with Crippen LogP contribution in [0.1, 0.15) is 26.4 Å².